The van der Waals surface area contributed by atoms with Gasteiger partial charge in [0.25, 0.3) is 5.91 Å². The van der Waals surface area contributed by atoms with Gasteiger partial charge in [0.1, 0.15) is 12.9 Å². The highest BCUT2D eigenvalue weighted by molar-refractivity contribution is 7.99. The average molecular weight is 363 g/mol. The first-order chi connectivity index (χ1) is 12.2. The normalized spacial score (nSPS) is 15.5. The van der Waals surface area contributed by atoms with Gasteiger partial charge in [-0.25, -0.2) is 0 Å². The number of carbonyl (C=O) groups excluding carboxylic acids is 2. The minimum absolute atomic E-state index is 0.0765. The van der Waals surface area contributed by atoms with Crippen molar-refractivity contribution in [2.75, 3.05) is 12.4 Å². The summed E-state index contributed by atoms with van der Waals surface area (Å²) in [5.41, 5.74) is 4.69. The van der Waals surface area contributed by atoms with Gasteiger partial charge in [0.2, 0.25) is 12.0 Å². The summed E-state index contributed by atoms with van der Waals surface area (Å²) >= 11 is 1.23. The molecular weight excluding hydrogens is 346 g/mol. The molecule has 132 valence electrons. The van der Waals surface area contributed by atoms with E-state index in [9.17, 15) is 9.59 Å². The number of fused-ring (bicyclic) bond motifs is 1. The Bertz CT molecular complexity index is 766. The molecule has 3 rings (SSSR count). The van der Waals surface area contributed by atoms with Gasteiger partial charge < -0.3 is 14.0 Å². The standard InChI is InChI=1S/C15H17N5O4S/c1-2-20-9-16-19-15(20)25-8-13(21)17-18-14(22)12-7-23-10-5-3-4-6-11(10)24-12/h3-6,9,12H,2,7-8H2,1H3,(H,17,21)(H,18,22)/t12-/m0/s1. The topological polar surface area (TPSA) is 107 Å². The summed E-state index contributed by atoms with van der Waals surface area (Å²) in [6, 6.07) is 7.09. The minimum atomic E-state index is -0.828. The zero-order valence-electron chi connectivity index (χ0n) is 13.5. The van der Waals surface area contributed by atoms with Gasteiger partial charge in [-0.15, -0.1) is 10.2 Å². The van der Waals surface area contributed by atoms with E-state index in [4.69, 9.17) is 9.47 Å². The molecule has 1 aromatic carbocycles. The molecule has 9 nitrogen and oxygen atoms in total. The van der Waals surface area contributed by atoms with Crippen molar-refractivity contribution in [2.45, 2.75) is 24.7 Å². The third-order valence-electron chi connectivity index (χ3n) is 3.38. The lowest BCUT2D eigenvalue weighted by molar-refractivity contribution is -0.134. The third-order valence-corrected chi connectivity index (χ3v) is 4.36. The van der Waals surface area contributed by atoms with E-state index >= 15 is 0 Å². The van der Waals surface area contributed by atoms with Crippen molar-refractivity contribution in [3.05, 3.63) is 30.6 Å². The van der Waals surface area contributed by atoms with Gasteiger partial charge in [-0.3, -0.25) is 20.4 Å². The summed E-state index contributed by atoms with van der Waals surface area (Å²) in [5.74, 6) is 0.344. The van der Waals surface area contributed by atoms with E-state index < -0.39 is 12.0 Å². The van der Waals surface area contributed by atoms with Gasteiger partial charge in [0, 0.05) is 6.54 Å². The monoisotopic (exact) mass is 363 g/mol. The Balaban J connectivity index is 1.44. The smallest absolute Gasteiger partial charge is 0.283 e. The van der Waals surface area contributed by atoms with Gasteiger partial charge >= 0.3 is 0 Å². The second-order valence-corrected chi connectivity index (χ2v) is 6.03. The SMILES string of the molecule is CCn1cnnc1SCC(=O)NNC(=O)[C@@H]1COc2ccccc2O1. The molecule has 0 saturated heterocycles. The number of nitrogens with one attached hydrogen (secondary N) is 2. The Morgan fingerprint density at radius 2 is 2.12 bits per heavy atom. The number of hydrogen-bond acceptors (Lipinski definition) is 7. The fourth-order valence-electron chi connectivity index (χ4n) is 2.10. The summed E-state index contributed by atoms with van der Waals surface area (Å²) in [4.78, 5) is 23.9. The van der Waals surface area contributed by atoms with Crippen LogP contribution >= 0.6 is 11.8 Å². The number of rotatable bonds is 5. The lowest BCUT2D eigenvalue weighted by Gasteiger charge is -2.25. The van der Waals surface area contributed by atoms with Crippen LogP contribution in [0.1, 0.15) is 6.92 Å². The number of nitrogens with zero attached hydrogens (tertiary/aromatic N) is 3. The molecule has 0 fully saturated rings. The number of thioether (sulfide) groups is 1. The number of aromatic nitrogens is 3. The summed E-state index contributed by atoms with van der Waals surface area (Å²) in [5, 5.41) is 8.35. The van der Waals surface area contributed by atoms with Crippen LogP contribution in [0.2, 0.25) is 0 Å². The highest BCUT2D eigenvalue weighted by Crippen LogP contribution is 2.30. The first-order valence-electron chi connectivity index (χ1n) is 7.65. The van der Waals surface area contributed by atoms with E-state index in [1.165, 1.54) is 11.8 Å². The molecular formula is C15H17N5O4S. The van der Waals surface area contributed by atoms with Crippen molar-refractivity contribution in [3.63, 3.8) is 0 Å². The molecule has 1 atom stereocenters. The van der Waals surface area contributed by atoms with Gasteiger partial charge in [-0.1, -0.05) is 23.9 Å². The molecule has 2 aromatic rings. The van der Waals surface area contributed by atoms with Gasteiger partial charge in [-0.2, -0.15) is 0 Å². The Morgan fingerprint density at radius 3 is 2.92 bits per heavy atom. The van der Waals surface area contributed by atoms with Crippen molar-refractivity contribution in [1.82, 2.24) is 25.6 Å². The highest BCUT2D eigenvalue weighted by Gasteiger charge is 2.27. The second-order valence-electron chi connectivity index (χ2n) is 5.09. The van der Waals surface area contributed by atoms with E-state index in [2.05, 4.69) is 21.0 Å². The first-order valence-corrected chi connectivity index (χ1v) is 8.63. The maximum absolute atomic E-state index is 12.1. The lowest BCUT2D eigenvalue weighted by Crippen LogP contribution is -2.51. The van der Waals surface area contributed by atoms with Crippen LogP contribution in [0.15, 0.2) is 35.7 Å². The van der Waals surface area contributed by atoms with Crippen molar-refractivity contribution < 1.29 is 19.1 Å². The molecule has 2 heterocycles. The largest absolute Gasteiger partial charge is 0.485 e. The number of ether oxygens (including phenoxy) is 2. The van der Waals surface area contributed by atoms with E-state index in [0.717, 1.165) is 0 Å². The van der Waals surface area contributed by atoms with Crippen LogP contribution in [-0.2, 0) is 16.1 Å². The highest BCUT2D eigenvalue weighted by atomic mass is 32.2. The second kappa shape index (κ2) is 7.88. The van der Waals surface area contributed by atoms with Crippen LogP contribution in [0.3, 0.4) is 0 Å². The van der Waals surface area contributed by atoms with Crippen molar-refractivity contribution in [3.8, 4) is 11.5 Å². The Labute approximate surface area is 148 Å². The molecule has 0 spiro atoms. The van der Waals surface area contributed by atoms with Crippen LogP contribution in [0.4, 0.5) is 0 Å². The molecule has 2 N–H and O–H groups in total. The van der Waals surface area contributed by atoms with Crippen LogP contribution in [0.25, 0.3) is 0 Å². The number of hydrogen-bond donors (Lipinski definition) is 2. The summed E-state index contributed by atoms with van der Waals surface area (Å²) in [6.07, 6.45) is 0.770. The minimum Gasteiger partial charge on any atom is -0.485 e. The van der Waals surface area contributed by atoms with Gasteiger partial charge in [-0.05, 0) is 19.1 Å². The van der Waals surface area contributed by atoms with Crippen LogP contribution in [-0.4, -0.2) is 45.0 Å². The molecule has 0 radical (unpaired) electrons. The molecule has 0 bridgehead atoms. The lowest BCUT2D eigenvalue weighted by atomic mass is 10.2. The quantitative estimate of drug-likeness (QED) is 0.584. The summed E-state index contributed by atoms with van der Waals surface area (Å²) in [6.45, 7) is 2.75. The van der Waals surface area contributed by atoms with Crippen LogP contribution in [0.5, 0.6) is 11.5 Å². The third kappa shape index (κ3) is 4.21. The summed E-state index contributed by atoms with van der Waals surface area (Å²) < 4.78 is 12.8. The van der Waals surface area contributed by atoms with Crippen LogP contribution < -0.4 is 20.3 Å². The summed E-state index contributed by atoms with van der Waals surface area (Å²) in [7, 11) is 0. The molecule has 25 heavy (non-hydrogen) atoms. The predicted octanol–water partition coefficient (Wildman–Crippen LogP) is 0.378. The fraction of sp³-hybridized carbons (Fsp3) is 0.333. The maximum Gasteiger partial charge on any atom is 0.283 e. The number of para-hydroxylation sites is 2. The van der Waals surface area contributed by atoms with E-state index in [1.54, 1.807) is 24.5 Å². The Morgan fingerprint density at radius 1 is 1.32 bits per heavy atom. The molecule has 10 heteroatoms. The number of amides is 2. The Kier molecular flexibility index (Phi) is 5.39. The number of benzene rings is 1. The maximum atomic E-state index is 12.1. The molecule has 1 aromatic heterocycles. The molecule has 0 unspecified atom stereocenters. The van der Waals surface area contributed by atoms with Crippen molar-refractivity contribution in [2.24, 2.45) is 0 Å². The zero-order chi connectivity index (χ0) is 17.6. The molecule has 0 aliphatic carbocycles. The van der Waals surface area contributed by atoms with Crippen LogP contribution in [0, 0.1) is 0 Å². The van der Waals surface area contributed by atoms with E-state index in [0.29, 0.717) is 23.2 Å². The molecule has 0 saturated carbocycles. The van der Waals surface area contributed by atoms with Gasteiger partial charge in [0.15, 0.2) is 16.7 Å². The average Bonchev–Trinajstić information content (AvgIpc) is 3.11. The number of carbonyl (C=O) groups is 2. The van der Waals surface area contributed by atoms with Crippen molar-refractivity contribution in [1.29, 1.82) is 0 Å². The number of aryl methyl sites for hydroxylation is 1. The number of hydrazine groups is 1. The first kappa shape index (κ1) is 17.1. The fourth-order valence-corrected chi connectivity index (χ4v) is 2.88. The van der Waals surface area contributed by atoms with E-state index in [1.807, 2.05) is 17.6 Å². The predicted molar refractivity (Wildman–Crippen MR) is 89.1 cm³/mol. The Hall–Kier alpha value is -2.75. The van der Waals surface area contributed by atoms with Crippen molar-refractivity contribution >= 4 is 23.6 Å². The molecule has 1 aliphatic rings. The molecule has 1 aliphatic heterocycles. The van der Waals surface area contributed by atoms with Gasteiger partial charge in [0.05, 0.1) is 5.75 Å². The zero-order valence-corrected chi connectivity index (χ0v) is 14.3. The molecule has 2 amide bonds. The van der Waals surface area contributed by atoms with E-state index in [-0.39, 0.29) is 18.3 Å².